The van der Waals surface area contributed by atoms with Gasteiger partial charge in [-0.15, -0.1) is 0 Å². The SMILES string of the molecule is CCNC(C)c1ccc(-n2nc(C)c(Br)c2C)c(F)c1. The molecule has 0 spiro atoms. The molecular weight excluding hydrogens is 321 g/mol. The molecule has 0 amide bonds. The summed E-state index contributed by atoms with van der Waals surface area (Å²) in [7, 11) is 0. The molecular formula is C15H19BrFN3. The molecule has 1 aromatic heterocycles. The molecule has 0 aliphatic heterocycles. The Balaban J connectivity index is 2.41. The van der Waals surface area contributed by atoms with Gasteiger partial charge in [0.05, 0.1) is 15.9 Å². The zero-order valence-electron chi connectivity index (χ0n) is 12.2. The van der Waals surface area contributed by atoms with Gasteiger partial charge in [0, 0.05) is 6.04 Å². The molecule has 0 aliphatic carbocycles. The van der Waals surface area contributed by atoms with Crippen LogP contribution in [-0.2, 0) is 0 Å². The summed E-state index contributed by atoms with van der Waals surface area (Å²) >= 11 is 3.46. The monoisotopic (exact) mass is 339 g/mol. The van der Waals surface area contributed by atoms with Crippen molar-refractivity contribution in [3.8, 4) is 5.69 Å². The van der Waals surface area contributed by atoms with E-state index in [0.29, 0.717) is 5.69 Å². The molecule has 1 heterocycles. The van der Waals surface area contributed by atoms with Gasteiger partial charge >= 0.3 is 0 Å². The molecule has 1 N–H and O–H groups in total. The fraction of sp³-hybridized carbons (Fsp3) is 0.400. The summed E-state index contributed by atoms with van der Waals surface area (Å²) in [6.07, 6.45) is 0. The fourth-order valence-corrected chi connectivity index (χ4v) is 2.49. The first-order valence-corrected chi connectivity index (χ1v) is 7.50. The van der Waals surface area contributed by atoms with Crippen molar-refractivity contribution in [2.24, 2.45) is 0 Å². The number of aromatic nitrogens is 2. The molecule has 1 atom stereocenters. The Morgan fingerprint density at radius 1 is 1.40 bits per heavy atom. The van der Waals surface area contributed by atoms with Crippen LogP contribution in [0.2, 0.25) is 0 Å². The lowest BCUT2D eigenvalue weighted by Crippen LogP contribution is -2.18. The average molecular weight is 340 g/mol. The van der Waals surface area contributed by atoms with E-state index < -0.39 is 0 Å². The smallest absolute Gasteiger partial charge is 0.149 e. The first-order chi connectivity index (χ1) is 9.45. The van der Waals surface area contributed by atoms with Crippen molar-refractivity contribution >= 4 is 15.9 Å². The molecule has 2 rings (SSSR count). The first-order valence-electron chi connectivity index (χ1n) is 6.70. The van der Waals surface area contributed by atoms with E-state index in [1.54, 1.807) is 16.8 Å². The van der Waals surface area contributed by atoms with E-state index in [-0.39, 0.29) is 11.9 Å². The van der Waals surface area contributed by atoms with E-state index in [2.05, 4.69) is 26.3 Å². The molecule has 0 radical (unpaired) electrons. The Kier molecular flexibility index (Phi) is 4.60. The molecule has 3 nitrogen and oxygen atoms in total. The van der Waals surface area contributed by atoms with Gasteiger partial charge in [0.15, 0.2) is 0 Å². The van der Waals surface area contributed by atoms with E-state index in [1.165, 1.54) is 0 Å². The van der Waals surface area contributed by atoms with E-state index in [1.807, 2.05) is 33.8 Å². The maximum atomic E-state index is 14.4. The molecule has 0 aliphatic rings. The summed E-state index contributed by atoms with van der Waals surface area (Å²) in [5, 5.41) is 7.64. The van der Waals surface area contributed by atoms with Gasteiger partial charge in [-0.1, -0.05) is 13.0 Å². The highest BCUT2D eigenvalue weighted by Gasteiger charge is 2.15. The van der Waals surface area contributed by atoms with Gasteiger partial charge in [0.2, 0.25) is 0 Å². The lowest BCUT2D eigenvalue weighted by atomic mass is 10.1. The first kappa shape index (κ1) is 15.2. The van der Waals surface area contributed by atoms with Crippen molar-refractivity contribution < 1.29 is 4.39 Å². The van der Waals surface area contributed by atoms with Gasteiger partial charge in [-0.05, 0) is 60.9 Å². The summed E-state index contributed by atoms with van der Waals surface area (Å²) in [5.41, 5.74) is 3.17. The lowest BCUT2D eigenvalue weighted by molar-refractivity contribution is 0.576. The summed E-state index contributed by atoms with van der Waals surface area (Å²) in [5.74, 6) is -0.259. The summed E-state index contributed by atoms with van der Waals surface area (Å²) in [6, 6.07) is 5.43. The Labute approximate surface area is 127 Å². The van der Waals surface area contributed by atoms with Crippen LogP contribution in [0, 0.1) is 19.7 Å². The van der Waals surface area contributed by atoms with Crippen molar-refractivity contribution in [2.45, 2.75) is 33.7 Å². The van der Waals surface area contributed by atoms with Gasteiger partial charge in [0.1, 0.15) is 11.5 Å². The van der Waals surface area contributed by atoms with Gasteiger partial charge < -0.3 is 5.32 Å². The minimum absolute atomic E-state index is 0.135. The second kappa shape index (κ2) is 6.06. The van der Waals surface area contributed by atoms with Crippen LogP contribution in [0.25, 0.3) is 5.69 Å². The van der Waals surface area contributed by atoms with Gasteiger partial charge in [-0.3, -0.25) is 0 Å². The molecule has 20 heavy (non-hydrogen) atoms. The van der Waals surface area contributed by atoms with E-state index >= 15 is 0 Å². The van der Waals surface area contributed by atoms with E-state index in [4.69, 9.17) is 0 Å². The standard InChI is InChI=1S/C15H19BrFN3/c1-5-18-9(2)12-6-7-14(13(17)8-12)20-11(4)15(16)10(3)19-20/h6-9,18H,5H2,1-4H3. The number of nitrogens with one attached hydrogen (secondary N) is 1. The Morgan fingerprint density at radius 3 is 2.60 bits per heavy atom. The molecule has 5 heteroatoms. The Hall–Kier alpha value is -1.20. The third-order valence-electron chi connectivity index (χ3n) is 3.41. The Bertz CT molecular complexity index is 622. The predicted octanol–water partition coefficient (Wildman–Crippen LogP) is 4.06. The average Bonchev–Trinajstić information content (AvgIpc) is 2.66. The number of nitrogens with zero attached hydrogens (tertiary/aromatic N) is 2. The number of rotatable bonds is 4. The number of hydrogen-bond acceptors (Lipinski definition) is 2. The predicted molar refractivity (Wildman–Crippen MR) is 82.8 cm³/mol. The fourth-order valence-electron chi connectivity index (χ4n) is 2.25. The number of hydrogen-bond donors (Lipinski definition) is 1. The van der Waals surface area contributed by atoms with Crippen LogP contribution in [-0.4, -0.2) is 16.3 Å². The van der Waals surface area contributed by atoms with Crippen LogP contribution in [0.4, 0.5) is 4.39 Å². The van der Waals surface area contributed by atoms with E-state index in [9.17, 15) is 4.39 Å². The molecule has 1 aromatic carbocycles. The van der Waals surface area contributed by atoms with Gasteiger partial charge in [-0.2, -0.15) is 5.10 Å². The summed E-state index contributed by atoms with van der Waals surface area (Å²) in [6.45, 7) is 8.73. The van der Waals surface area contributed by atoms with Crippen molar-refractivity contribution in [1.82, 2.24) is 15.1 Å². The highest BCUT2D eigenvalue weighted by Crippen LogP contribution is 2.25. The van der Waals surface area contributed by atoms with Crippen LogP contribution in [0.5, 0.6) is 0 Å². The molecule has 0 fully saturated rings. The van der Waals surface area contributed by atoms with Crippen molar-refractivity contribution in [3.05, 3.63) is 45.4 Å². The van der Waals surface area contributed by atoms with E-state index in [0.717, 1.165) is 28.0 Å². The largest absolute Gasteiger partial charge is 0.310 e. The molecule has 2 aromatic rings. The van der Waals surface area contributed by atoms with Gasteiger partial charge in [-0.25, -0.2) is 9.07 Å². The van der Waals surface area contributed by atoms with Crippen molar-refractivity contribution in [1.29, 1.82) is 0 Å². The van der Waals surface area contributed by atoms with Crippen molar-refractivity contribution in [3.63, 3.8) is 0 Å². The van der Waals surface area contributed by atoms with Crippen molar-refractivity contribution in [2.75, 3.05) is 6.54 Å². The Morgan fingerprint density at radius 2 is 2.10 bits per heavy atom. The minimum atomic E-state index is -0.259. The molecule has 108 valence electrons. The van der Waals surface area contributed by atoms with Gasteiger partial charge in [0.25, 0.3) is 0 Å². The quantitative estimate of drug-likeness (QED) is 0.910. The summed E-state index contributed by atoms with van der Waals surface area (Å²) in [4.78, 5) is 0. The third-order valence-corrected chi connectivity index (χ3v) is 4.56. The van der Waals surface area contributed by atoms with Crippen LogP contribution < -0.4 is 5.32 Å². The number of benzene rings is 1. The second-order valence-electron chi connectivity index (χ2n) is 4.89. The lowest BCUT2D eigenvalue weighted by Gasteiger charge is -2.14. The maximum Gasteiger partial charge on any atom is 0.149 e. The van der Waals surface area contributed by atoms with Crippen LogP contribution in [0.3, 0.4) is 0 Å². The van der Waals surface area contributed by atoms with Crippen LogP contribution in [0.1, 0.15) is 36.8 Å². The molecule has 0 bridgehead atoms. The molecule has 0 saturated heterocycles. The second-order valence-corrected chi connectivity index (χ2v) is 5.68. The maximum absolute atomic E-state index is 14.4. The highest BCUT2D eigenvalue weighted by atomic mass is 79.9. The number of aryl methyl sites for hydroxylation is 1. The minimum Gasteiger partial charge on any atom is -0.310 e. The van der Waals surface area contributed by atoms with Crippen LogP contribution >= 0.6 is 15.9 Å². The van der Waals surface area contributed by atoms with Crippen LogP contribution in [0.15, 0.2) is 22.7 Å². The zero-order valence-corrected chi connectivity index (χ0v) is 13.8. The third kappa shape index (κ3) is 2.79. The highest BCUT2D eigenvalue weighted by molar-refractivity contribution is 9.10. The normalized spacial score (nSPS) is 12.7. The molecule has 1 unspecified atom stereocenters. The zero-order chi connectivity index (χ0) is 14.9. The molecule has 0 saturated carbocycles. The summed E-state index contributed by atoms with van der Waals surface area (Å²) < 4.78 is 16.9. The topological polar surface area (TPSA) is 29.9 Å². The number of halogens is 2.